The van der Waals surface area contributed by atoms with Crippen LogP contribution in [0, 0.1) is 0 Å². The van der Waals surface area contributed by atoms with Crippen LogP contribution in [-0.2, 0) is 9.59 Å². The number of rotatable bonds is 3. The molecular weight excluding hydrogens is 252 g/mol. The van der Waals surface area contributed by atoms with E-state index in [4.69, 9.17) is 5.11 Å². The number of hydrogen-bond acceptors (Lipinski definition) is 4. The average Bonchev–Trinajstić information content (AvgIpc) is 2.78. The van der Waals surface area contributed by atoms with Crippen molar-refractivity contribution in [3.63, 3.8) is 0 Å². The molecule has 2 rings (SSSR count). The number of phenolic OH excluding ortho intramolecular Hbond substituents is 1. The quantitative estimate of drug-likeness (QED) is 0.586. The second-order valence-electron chi connectivity index (χ2n) is 4.19. The lowest BCUT2D eigenvalue weighted by Gasteiger charge is -2.12. The first-order chi connectivity index (χ1) is 8.97. The van der Waals surface area contributed by atoms with E-state index in [0.717, 1.165) is 6.07 Å². The molecule has 7 nitrogen and oxygen atoms in total. The lowest BCUT2D eigenvalue weighted by atomic mass is 10.1. The van der Waals surface area contributed by atoms with E-state index in [9.17, 15) is 19.5 Å². The lowest BCUT2D eigenvalue weighted by Crippen LogP contribution is -2.37. The first-order valence-corrected chi connectivity index (χ1v) is 5.64. The number of phenols is 1. The van der Waals surface area contributed by atoms with Crippen molar-refractivity contribution in [3.05, 3.63) is 23.8 Å². The number of amides is 2. The van der Waals surface area contributed by atoms with Crippen LogP contribution in [0.4, 0.5) is 5.69 Å². The topological polar surface area (TPSA) is 116 Å². The predicted octanol–water partition coefficient (Wildman–Crippen LogP) is 0.308. The first kappa shape index (κ1) is 12.9. The molecule has 4 N–H and O–H groups in total. The van der Waals surface area contributed by atoms with E-state index < -0.39 is 17.9 Å². The molecule has 0 aliphatic carbocycles. The van der Waals surface area contributed by atoms with E-state index >= 15 is 0 Å². The van der Waals surface area contributed by atoms with Crippen molar-refractivity contribution in [2.45, 2.75) is 18.9 Å². The van der Waals surface area contributed by atoms with Crippen LogP contribution in [0.3, 0.4) is 0 Å². The summed E-state index contributed by atoms with van der Waals surface area (Å²) in [5.74, 6) is -2.08. The number of hydrogen-bond donors (Lipinski definition) is 4. The van der Waals surface area contributed by atoms with Crippen molar-refractivity contribution < 1.29 is 24.6 Å². The summed E-state index contributed by atoms with van der Waals surface area (Å²) in [5, 5.41) is 23.3. The molecule has 1 aliphatic heterocycles. The molecule has 0 radical (unpaired) electrons. The van der Waals surface area contributed by atoms with E-state index in [1.807, 2.05) is 0 Å². The number of carboxylic acids is 1. The van der Waals surface area contributed by atoms with E-state index in [1.54, 1.807) is 0 Å². The average molecular weight is 264 g/mol. The fraction of sp³-hybridized carbons (Fsp3) is 0.250. The van der Waals surface area contributed by atoms with Crippen LogP contribution in [0.2, 0.25) is 0 Å². The number of carboxylic acid groups (broad SMARTS) is 1. The number of benzene rings is 1. The highest BCUT2D eigenvalue weighted by Gasteiger charge is 2.27. The highest BCUT2D eigenvalue weighted by molar-refractivity contribution is 6.00. The molecule has 1 aliphatic rings. The van der Waals surface area contributed by atoms with E-state index in [0.29, 0.717) is 6.42 Å². The van der Waals surface area contributed by atoms with Gasteiger partial charge in [0.1, 0.15) is 11.8 Å². The summed E-state index contributed by atoms with van der Waals surface area (Å²) in [4.78, 5) is 33.6. The largest absolute Gasteiger partial charge is 0.506 e. The zero-order chi connectivity index (χ0) is 14.0. The molecule has 0 bridgehead atoms. The van der Waals surface area contributed by atoms with Crippen LogP contribution in [-0.4, -0.2) is 34.0 Å². The Morgan fingerprint density at radius 1 is 1.37 bits per heavy atom. The number of aromatic hydroxyl groups is 1. The van der Waals surface area contributed by atoms with Gasteiger partial charge in [0.25, 0.3) is 0 Å². The second kappa shape index (κ2) is 4.97. The molecule has 19 heavy (non-hydrogen) atoms. The van der Waals surface area contributed by atoms with Crippen LogP contribution in [0.5, 0.6) is 5.75 Å². The molecule has 0 saturated carbocycles. The highest BCUT2D eigenvalue weighted by Crippen LogP contribution is 2.25. The molecule has 100 valence electrons. The van der Waals surface area contributed by atoms with Gasteiger partial charge < -0.3 is 20.8 Å². The van der Waals surface area contributed by atoms with Gasteiger partial charge in [-0.05, 0) is 24.6 Å². The molecule has 1 heterocycles. The van der Waals surface area contributed by atoms with Gasteiger partial charge in [-0.2, -0.15) is 0 Å². The summed E-state index contributed by atoms with van der Waals surface area (Å²) in [7, 11) is 0. The third-order valence-corrected chi connectivity index (χ3v) is 2.81. The monoisotopic (exact) mass is 264 g/mol. The van der Waals surface area contributed by atoms with Gasteiger partial charge in [-0.3, -0.25) is 9.59 Å². The van der Waals surface area contributed by atoms with Crippen LogP contribution < -0.4 is 10.6 Å². The van der Waals surface area contributed by atoms with Gasteiger partial charge >= 0.3 is 5.97 Å². The molecular formula is C12H12N2O5. The molecule has 1 saturated heterocycles. The molecule has 1 atom stereocenters. The summed E-state index contributed by atoms with van der Waals surface area (Å²) in [5.41, 5.74) is -0.0467. The normalized spacial score (nSPS) is 17.9. The minimum absolute atomic E-state index is 0.00560. The van der Waals surface area contributed by atoms with E-state index in [1.165, 1.54) is 12.1 Å². The Morgan fingerprint density at radius 3 is 2.68 bits per heavy atom. The van der Waals surface area contributed by atoms with Crippen LogP contribution in [0.1, 0.15) is 23.2 Å². The van der Waals surface area contributed by atoms with Crippen LogP contribution in [0.25, 0.3) is 0 Å². The second-order valence-corrected chi connectivity index (χ2v) is 4.19. The van der Waals surface area contributed by atoms with Crippen molar-refractivity contribution in [3.8, 4) is 5.75 Å². The first-order valence-electron chi connectivity index (χ1n) is 5.64. The molecule has 1 fully saturated rings. The minimum Gasteiger partial charge on any atom is -0.506 e. The van der Waals surface area contributed by atoms with Gasteiger partial charge in [-0.25, -0.2) is 4.79 Å². The fourth-order valence-electron chi connectivity index (χ4n) is 1.80. The summed E-state index contributed by atoms with van der Waals surface area (Å²) >= 11 is 0. The smallest absolute Gasteiger partial charge is 0.335 e. The molecule has 0 spiro atoms. The van der Waals surface area contributed by atoms with Crippen LogP contribution >= 0.6 is 0 Å². The van der Waals surface area contributed by atoms with Gasteiger partial charge in [0.2, 0.25) is 11.8 Å². The van der Waals surface area contributed by atoms with Gasteiger partial charge in [0, 0.05) is 6.42 Å². The maximum Gasteiger partial charge on any atom is 0.335 e. The Bertz CT molecular complexity index is 555. The number of carbonyl (C=O) groups excluding carboxylic acids is 2. The lowest BCUT2D eigenvalue weighted by molar-refractivity contribution is -0.122. The molecule has 0 unspecified atom stereocenters. The maximum atomic E-state index is 11.8. The fourth-order valence-corrected chi connectivity index (χ4v) is 1.80. The Hall–Kier alpha value is -2.57. The molecule has 2 amide bonds. The SMILES string of the molecule is O=C1CC[C@H](C(=O)Nc2cc(C(=O)O)ccc2O)N1. The third kappa shape index (κ3) is 2.82. The maximum absolute atomic E-state index is 11.8. The summed E-state index contributed by atoms with van der Waals surface area (Å²) in [6.45, 7) is 0. The molecule has 1 aromatic carbocycles. The summed E-state index contributed by atoms with van der Waals surface area (Å²) in [6, 6.07) is 2.92. The van der Waals surface area contributed by atoms with Crippen molar-refractivity contribution in [1.29, 1.82) is 0 Å². The van der Waals surface area contributed by atoms with Gasteiger partial charge in [-0.15, -0.1) is 0 Å². The van der Waals surface area contributed by atoms with E-state index in [-0.39, 0.29) is 29.3 Å². The van der Waals surface area contributed by atoms with Gasteiger partial charge in [-0.1, -0.05) is 0 Å². The minimum atomic E-state index is -1.16. The number of nitrogens with one attached hydrogen (secondary N) is 2. The summed E-state index contributed by atoms with van der Waals surface area (Å²) in [6.07, 6.45) is 0.656. The Labute approximate surface area is 108 Å². The standard InChI is InChI=1S/C12H12N2O5/c15-9-3-1-6(12(18)19)5-8(9)14-11(17)7-2-4-10(16)13-7/h1,3,5,7,15H,2,4H2,(H,13,16)(H,14,17)(H,18,19)/t7-/m1/s1. The molecule has 1 aromatic rings. The Morgan fingerprint density at radius 2 is 2.11 bits per heavy atom. The molecule has 7 heteroatoms. The van der Waals surface area contributed by atoms with Crippen molar-refractivity contribution in [2.75, 3.05) is 5.32 Å². The van der Waals surface area contributed by atoms with Crippen molar-refractivity contribution >= 4 is 23.5 Å². The highest BCUT2D eigenvalue weighted by atomic mass is 16.4. The van der Waals surface area contributed by atoms with E-state index in [2.05, 4.69) is 10.6 Å². The number of anilines is 1. The Kier molecular flexibility index (Phi) is 3.37. The van der Waals surface area contributed by atoms with Crippen molar-refractivity contribution in [2.24, 2.45) is 0 Å². The number of carbonyl (C=O) groups is 3. The van der Waals surface area contributed by atoms with Gasteiger partial charge in [0.05, 0.1) is 11.3 Å². The third-order valence-electron chi connectivity index (χ3n) is 2.81. The molecule has 0 aromatic heterocycles. The predicted molar refractivity (Wildman–Crippen MR) is 64.9 cm³/mol. The van der Waals surface area contributed by atoms with Crippen LogP contribution in [0.15, 0.2) is 18.2 Å². The number of aromatic carboxylic acids is 1. The zero-order valence-electron chi connectivity index (χ0n) is 9.84. The van der Waals surface area contributed by atoms with Gasteiger partial charge in [0.15, 0.2) is 0 Å². The van der Waals surface area contributed by atoms with Crippen molar-refractivity contribution in [1.82, 2.24) is 5.32 Å². The zero-order valence-corrected chi connectivity index (χ0v) is 9.84. The Balaban J connectivity index is 2.14. The summed E-state index contributed by atoms with van der Waals surface area (Å²) < 4.78 is 0.